The minimum absolute atomic E-state index is 0.251. The van der Waals surface area contributed by atoms with Crippen LogP contribution in [0.5, 0.6) is 0 Å². The van der Waals surface area contributed by atoms with Crippen LogP contribution in [-0.2, 0) is 11.2 Å². The van der Waals surface area contributed by atoms with Crippen LogP contribution < -0.4 is 0 Å². The molecule has 110 valence electrons. The fraction of sp³-hybridized carbons (Fsp3) is 0.611. The zero-order valence-electron chi connectivity index (χ0n) is 12.6. The van der Waals surface area contributed by atoms with Crippen molar-refractivity contribution in [3.8, 4) is 0 Å². The number of hydrogen-bond donors (Lipinski definition) is 0. The van der Waals surface area contributed by atoms with Gasteiger partial charge in [0.15, 0.2) is 5.78 Å². The van der Waals surface area contributed by atoms with Gasteiger partial charge in [0.2, 0.25) is 0 Å². The third kappa shape index (κ3) is 4.75. The molecule has 1 aromatic rings. The van der Waals surface area contributed by atoms with Crippen LogP contribution in [-0.4, -0.2) is 18.5 Å². The lowest BCUT2D eigenvalue weighted by Crippen LogP contribution is -2.20. The molecule has 0 amide bonds. The molecule has 1 saturated heterocycles. The summed E-state index contributed by atoms with van der Waals surface area (Å²) in [7, 11) is 0. The molecule has 0 saturated carbocycles. The molecule has 1 aliphatic rings. The third-order valence-corrected chi connectivity index (χ3v) is 4.06. The maximum atomic E-state index is 12.2. The Morgan fingerprint density at radius 2 is 2.05 bits per heavy atom. The molecule has 2 heteroatoms. The molecular weight excluding hydrogens is 248 g/mol. The highest BCUT2D eigenvalue weighted by Crippen LogP contribution is 2.18. The summed E-state index contributed by atoms with van der Waals surface area (Å²) in [5.74, 6) is 0.251. The molecule has 0 aliphatic carbocycles. The van der Waals surface area contributed by atoms with Gasteiger partial charge >= 0.3 is 0 Å². The van der Waals surface area contributed by atoms with Crippen molar-refractivity contribution in [2.75, 3.05) is 6.61 Å². The van der Waals surface area contributed by atoms with Crippen molar-refractivity contribution in [1.82, 2.24) is 0 Å². The molecule has 0 radical (unpaired) electrons. The first-order chi connectivity index (χ1) is 9.79. The summed E-state index contributed by atoms with van der Waals surface area (Å²) in [5.41, 5.74) is 2.18. The predicted molar refractivity (Wildman–Crippen MR) is 82.2 cm³/mol. The van der Waals surface area contributed by atoms with Gasteiger partial charge in [0.25, 0.3) is 0 Å². The van der Waals surface area contributed by atoms with Crippen LogP contribution in [0.2, 0.25) is 0 Å². The van der Waals surface area contributed by atoms with Crippen LogP contribution in [0.15, 0.2) is 24.3 Å². The Balaban J connectivity index is 1.79. The number of benzene rings is 1. The van der Waals surface area contributed by atoms with E-state index in [4.69, 9.17) is 4.74 Å². The standard InChI is InChI=1S/C18H26O2/c1-2-3-6-15-8-10-16(11-9-15)18(19)13-12-17-7-4-5-14-20-17/h8-11,17H,2-7,12-14H2,1H3. The fourth-order valence-corrected chi connectivity index (χ4v) is 2.71. The summed E-state index contributed by atoms with van der Waals surface area (Å²) < 4.78 is 5.68. The SMILES string of the molecule is CCCCc1ccc(C(=O)CCC2CCCCO2)cc1. The molecule has 2 rings (SSSR count). The maximum Gasteiger partial charge on any atom is 0.162 e. The second-order valence-electron chi connectivity index (χ2n) is 5.75. The van der Waals surface area contributed by atoms with Crippen molar-refractivity contribution >= 4 is 5.78 Å². The second-order valence-corrected chi connectivity index (χ2v) is 5.75. The van der Waals surface area contributed by atoms with Crippen molar-refractivity contribution in [1.29, 1.82) is 0 Å². The van der Waals surface area contributed by atoms with Gasteiger partial charge in [-0.15, -0.1) is 0 Å². The van der Waals surface area contributed by atoms with Gasteiger partial charge < -0.3 is 4.74 Å². The number of carbonyl (C=O) groups is 1. The van der Waals surface area contributed by atoms with E-state index in [-0.39, 0.29) is 5.78 Å². The molecule has 1 unspecified atom stereocenters. The quantitative estimate of drug-likeness (QED) is 0.681. The van der Waals surface area contributed by atoms with Gasteiger partial charge in [-0.1, -0.05) is 37.6 Å². The largest absolute Gasteiger partial charge is 0.378 e. The number of hydrogen-bond acceptors (Lipinski definition) is 2. The lowest BCUT2D eigenvalue weighted by atomic mass is 9.99. The molecule has 1 aliphatic heterocycles. The Morgan fingerprint density at radius 3 is 2.70 bits per heavy atom. The van der Waals surface area contributed by atoms with Crippen LogP contribution >= 0.6 is 0 Å². The van der Waals surface area contributed by atoms with E-state index in [2.05, 4.69) is 19.1 Å². The molecule has 20 heavy (non-hydrogen) atoms. The van der Waals surface area contributed by atoms with E-state index in [0.717, 1.165) is 31.4 Å². The lowest BCUT2D eigenvalue weighted by Gasteiger charge is -2.22. The Morgan fingerprint density at radius 1 is 1.25 bits per heavy atom. The predicted octanol–water partition coefficient (Wildman–Crippen LogP) is 4.56. The summed E-state index contributed by atoms with van der Waals surface area (Å²) in [6, 6.07) is 8.16. The number of ketones is 1. The Kier molecular flexibility index (Phi) is 6.25. The number of ether oxygens (including phenoxy) is 1. The van der Waals surface area contributed by atoms with Gasteiger partial charge in [0.1, 0.15) is 0 Å². The fourth-order valence-electron chi connectivity index (χ4n) is 2.71. The van der Waals surface area contributed by atoms with Gasteiger partial charge in [-0.25, -0.2) is 0 Å². The van der Waals surface area contributed by atoms with Gasteiger partial charge in [0.05, 0.1) is 6.10 Å². The van der Waals surface area contributed by atoms with Crippen molar-refractivity contribution in [3.63, 3.8) is 0 Å². The monoisotopic (exact) mass is 274 g/mol. The van der Waals surface area contributed by atoms with Gasteiger partial charge in [-0.3, -0.25) is 4.79 Å². The number of carbonyl (C=O) groups excluding carboxylic acids is 1. The normalized spacial score (nSPS) is 18.9. The molecule has 1 aromatic carbocycles. The van der Waals surface area contributed by atoms with Crippen molar-refractivity contribution in [2.45, 2.75) is 64.4 Å². The molecule has 2 nitrogen and oxygen atoms in total. The Bertz CT molecular complexity index is 402. The van der Waals surface area contributed by atoms with Gasteiger partial charge in [0, 0.05) is 18.6 Å². The van der Waals surface area contributed by atoms with Crippen molar-refractivity contribution in [3.05, 3.63) is 35.4 Å². The minimum atomic E-state index is 0.251. The average molecular weight is 274 g/mol. The number of unbranched alkanes of at least 4 members (excludes halogenated alkanes) is 1. The summed E-state index contributed by atoms with van der Waals surface area (Å²) in [4.78, 5) is 12.2. The second kappa shape index (κ2) is 8.21. The van der Waals surface area contributed by atoms with E-state index >= 15 is 0 Å². The first-order valence-corrected chi connectivity index (χ1v) is 8.03. The van der Waals surface area contributed by atoms with Crippen LogP contribution in [0.3, 0.4) is 0 Å². The van der Waals surface area contributed by atoms with Crippen LogP contribution in [0, 0.1) is 0 Å². The number of rotatable bonds is 7. The average Bonchev–Trinajstić information content (AvgIpc) is 2.52. The number of aryl methyl sites for hydroxylation is 1. The van der Waals surface area contributed by atoms with Crippen molar-refractivity contribution < 1.29 is 9.53 Å². The molecule has 1 atom stereocenters. The molecule has 0 N–H and O–H groups in total. The van der Waals surface area contributed by atoms with E-state index in [1.807, 2.05) is 12.1 Å². The molecule has 0 aromatic heterocycles. The topological polar surface area (TPSA) is 26.3 Å². The third-order valence-electron chi connectivity index (χ3n) is 4.06. The highest BCUT2D eigenvalue weighted by Gasteiger charge is 2.15. The van der Waals surface area contributed by atoms with Crippen LogP contribution in [0.1, 0.15) is 67.8 Å². The highest BCUT2D eigenvalue weighted by atomic mass is 16.5. The highest BCUT2D eigenvalue weighted by molar-refractivity contribution is 5.96. The lowest BCUT2D eigenvalue weighted by molar-refractivity contribution is 0.0104. The van der Waals surface area contributed by atoms with E-state index < -0.39 is 0 Å². The maximum absolute atomic E-state index is 12.2. The molecule has 1 heterocycles. The summed E-state index contributed by atoms with van der Waals surface area (Å²) in [5, 5.41) is 0. The van der Waals surface area contributed by atoms with Gasteiger partial charge in [-0.05, 0) is 44.1 Å². The van der Waals surface area contributed by atoms with Crippen LogP contribution in [0.25, 0.3) is 0 Å². The first-order valence-electron chi connectivity index (χ1n) is 8.03. The van der Waals surface area contributed by atoms with E-state index in [1.54, 1.807) is 0 Å². The first kappa shape index (κ1) is 15.2. The smallest absolute Gasteiger partial charge is 0.162 e. The zero-order valence-corrected chi connectivity index (χ0v) is 12.6. The van der Waals surface area contributed by atoms with Crippen LogP contribution in [0.4, 0.5) is 0 Å². The van der Waals surface area contributed by atoms with E-state index in [0.29, 0.717) is 12.5 Å². The zero-order chi connectivity index (χ0) is 14.2. The summed E-state index contributed by atoms with van der Waals surface area (Å²) in [6.45, 7) is 3.07. The van der Waals surface area contributed by atoms with E-state index in [9.17, 15) is 4.79 Å². The van der Waals surface area contributed by atoms with Gasteiger partial charge in [-0.2, -0.15) is 0 Å². The Hall–Kier alpha value is -1.15. The summed E-state index contributed by atoms with van der Waals surface area (Å²) in [6.07, 6.45) is 8.85. The number of Topliss-reactive ketones (excluding diaryl/α,β-unsaturated/α-hetero) is 1. The molecule has 0 bridgehead atoms. The molecular formula is C18H26O2. The van der Waals surface area contributed by atoms with E-state index in [1.165, 1.54) is 31.2 Å². The Labute approximate surface area is 122 Å². The van der Waals surface area contributed by atoms with Crippen molar-refractivity contribution in [2.24, 2.45) is 0 Å². The molecule has 1 fully saturated rings. The summed E-state index contributed by atoms with van der Waals surface area (Å²) >= 11 is 0. The minimum Gasteiger partial charge on any atom is -0.378 e. The molecule has 0 spiro atoms.